The van der Waals surface area contributed by atoms with Crippen LogP contribution in [-0.4, -0.2) is 18.3 Å². The number of rotatable bonds is 2. The van der Waals surface area contributed by atoms with Gasteiger partial charge in [-0.3, -0.25) is 0 Å². The van der Waals surface area contributed by atoms with Crippen molar-refractivity contribution in [2.45, 2.75) is 31.3 Å². The Kier molecular flexibility index (Phi) is 2.73. The molecular weight excluding hydrogens is 176 g/mol. The molecule has 2 atom stereocenters. The van der Waals surface area contributed by atoms with Gasteiger partial charge >= 0.3 is 0 Å². The molecule has 1 fully saturated rings. The average Bonchev–Trinajstić information content (AvgIpc) is 2.64. The molecule has 1 N–H and O–H groups in total. The zero-order valence-electron chi connectivity index (χ0n) is 8.44. The van der Waals surface area contributed by atoms with Gasteiger partial charge in [-0.25, -0.2) is 0 Å². The quantitative estimate of drug-likeness (QED) is 0.779. The van der Waals surface area contributed by atoms with Crippen LogP contribution in [0.5, 0.6) is 5.75 Å². The molecule has 0 bridgehead atoms. The fraction of sp³-hybridized carbons (Fsp3) is 0.500. The Balaban J connectivity index is 2.30. The van der Waals surface area contributed by atoms with E-state index in [4.69, 9.17) is 4.74 Å². The summed E-state index contributed by atoms with van der Waals surface area (Å²) in [5.74, 6) is 1.17. The van der Waals surface area contributed by atoms with E-state index in [1.54, 1.807) is 7.11 Å². The monoisotopic (exact) mass is 192 g/mol. The summed E-state index contributed by atoms with van der Waals surface area (Å²) in [5, 5.41) is 9.81. The molecule has 1 aliphatic carbocycles. The first kappa shape index (κ1) is 9.53. The molecule has 0 spiro atoms. The molecule has 1 saturated carbocycles. The van der Waals surface area contributed by atoms with Crippen LogP contribution in [-0.2, 0) is 0 Å². The summed E-state index contributed by atoms with van der Waals surface area (Å²) >= 11 is 0. The molecule has 76 valence electrons. The molecule has 0 aromatic heterocycles. The zero-order valence-corrected chi connectivity index (χ0v) is 8.44. The first-order valence-corrected chi connectivity index (χ1v) is 5.14. The number of aliphatic hydroxyl groups is 1. The Morgan fingerprint density at radius 2 is 2.07 bits per heavy atom. The summed E-state index contributed by atoms with van der Waals surface area (Å²) in [7, 11) is 1.68. The number of benzene rings is 1. The molecule has 0 heterocycles. The van der Waals surface area contributed by atoms with E-state index in [9.17, 15) is 5.11 Å². The summed E-state index contributed by atoms with van der Waals surface area (Å²) in [6.45, 7) is 0. The first-order valence-electron chi connectivity index (χ1n) is 5.14. The van der Waals surface area contributed by atoms with Crippen molar-refractivity contribution in [1.82, 2.24) is 0 Å². The predicted octanol–water partition coefficient (Wildman–Crippen LogP) is 2.32. The Morgan fingerprint density at radius 3 is 2.71 bits per heavy atom. The van der Waals surface area contributed by atoms with E-state index in [1.165, 1.54) is 0 Å². The van der Waals surface area contributed by atoms with Crippen molar-refractivity contribution in [2.24, 2.45) is 0 Å². The third-order valence-corrected chi connectivity index (χ3v) is 3.02. The second-order valence-corrected chi connectivity index (χ2v) is 3.85. The predicted molar refractivity (Wildman–Crippen MR) is 55.6 cm³/mol. The van der Waals surface area contributed by atoms with Gasteiger partial charge in [0.25, 0.3) is 0 Å². The van der Waals surface area contributed by atoms with Gasteiger partial charge in [0, 0.05) is 5.92 Å². The summed E-state index contributed by atoms with van der Waals surface area (Å²) in [4.78, 5) is 0. The maximum atomic E-state index is 9.81. The smallest absolute Gasteiger partial charge is 0.122 e. The van der Waals surface area contributed by atoms with Crippen LogP contribution in [0.2, 0.25) is 0 Å². The fourth-order valence-corrected chi connectivity index (χ4v) is 2.28. The minimum atomic E-state index is -0.189. The van der Waals surface area contributed by atoms with E-state index in [2.05, 4.69) is 6.07 Å². The molecule has 1 aliphatic rings. The van der Waals surface area contributed by atoms with Gasteiger partial charge in [0.05, 0.1) is 13.2 Å². The van der Waals surface area contributed by atoms with Crippen molar-refractivity contribution >= 4 is 0 Å². The summed E-state index contributed by atoms with van der Waals surface area (Å²) in [6, 6.07) is 7.98. The third kappa shape index (κ3) is 1.62. The maximum Gasteiger partial charge on any atom is 0.122 e. The zero-order chi connectivity index (χ0) is 9.97. The van der Waals surface area contributed by atoms with Gasteiger partial charge in [-0.15, -0.1) is 0 Å². The summed E-state index contributed by atoms with van der Waals surface area (Å²) in [5.41, 5.74) is 1.15. The van der Waals surface area contributed by atoms with E-state index < -0.39 is 0 Å². The molecular formula is C12H16O2. The highest BCUT2D eigenvalue weighted by atomic mass is 16.5. The van der Waals surface area contributed by atoms with Gasteiger partial charge in [0.15, 0.2) is 0 Å². The third-order valence-electron chi connectivity index (χ3n) is 3.02. The number of hydrogen-bond donors (Lipinski definition) is 1. The molecule has 14 heavy (non-hydrogen) atoms. The number of ether oxygens (including phenoxy) is 1. The van der Waals surface area contributed by atoms with Crippen molar-refractivity contribution in [3.05, 3.63) is 29.8 Å². The Labute approximate surface area is 84.5 Å². The normalized spacial score (nSPS) is 26.4. The molecule has 1 aromatic rings. The molecule has 2 heteroatoms. The molecule has 0 saturated heterocycles. The molecule has 0 aliphatic heterocycles. The van der Waals surface area contributed by atoms with Crippen molar-refractivity contribution in [2.75, 3.05) is 7.11 Å². The van der Waals surface area contributed by atoms with Crippen LogP contribution in [0.15, 0.2) is 24.3 Å². The first-order chi connectivity index (χ1) is 6.83. The molecule has 2 rings (SSSR count). The number of para-hydroxylation sites is 1. The lowest BCUT2D eigenvalue weighted by Crippen LogP contribution is -2.11. The second kappa shape index (κ2) is 4.01. The highest BCUT2D eigenvalue weighted by molar-refractivity contribution is 5.37. The van der Waals surface area contributed by atoms with E-state index >= 15 is 0 Å². The number of hydrogen-bond acceptors (Lipinski definition) is 2. The van der Waals surface area contributed by atoms with Crippen LogP contribution >= 0.6 is 0 Å². The van der Waals surface area contributed by atoms with Gasteiger partial charge in [-0.05, 0) is 24.5 Å². The minimum absolute atomic E-state index is 0.189. The molecule has 2 unspecified atom stereocenters. The van der Waals surface area contributed by atoms with E-state index in [-0.39, 0.29) is 12.0 Å². The largest absolute Gasteiger partial charge is 0.496 e. The van der Waals surface area contributed by atoms with Crippen molar-refractivity contribution < 1.29 is 9.84 Å². The van der Waals surface area contributed by atoms with Gasteiger partial charge in [0.1, 0.15) is 5.75 Å². The molecule has 0 amide bonds. The summed E-state index contributed by atoms with van der Waals surface area (Å²) in [6.07, 6.45) is 2.92. The summed E-state index contributed by atoms with van der Waals surface area (Å²) < 4.78 is 5.29. The number of aliphatic hydroxyl groups excluding tert-OH is 1. The fourth-order valence-electron chi connectivity index (χ4n) is 2.28. The molecule has 1 aromatic carbocycles. The maximum absolute atomic E-state index is 9.81. The highest BCUT2D eigenvalue weighted by Crippen LogP contribution is 2.38. The van der Waals surface area contributed by atoms with Gasteiger partial charge < -0.3 is 9.84 Å². The highest BCUT2D eigenvalue weighted by Gasteiger charge is 2.28. The minimum Gasteiger partial charge on any atom is -0.496 e. The number of methoxy groups -OCH3 is 1. The van der Waals surface area contributed by atoms with E-state index in [1.807, 2.05) is 18.2 Å². The average molecular weight is 192 g/mol. The SMILES string of the molecule is COc1ccccc1C1CCCC1O. The Bertz CT molecular complexity index is 309. The van der Waals surface area contributed by atoms with Crippen LogP contribution in [0.1, 0.15) is 30.7 Å². The van der Waals surface area contributed by atoms with Crippen LogP contribution < -0.4 is 4.74 Å². The lowest BCUT2D eigenvalue weighted by atomic mass is 9.95. The van der Waals surface area contributed by atoms with Gasteiger partial charge in [0.2, 0.25) is 0 Å². The molecule has 0 radical (unpaired) electrons. The van der Waals surface area contributed by atoms with Crippen LogP contribution in [0.25, 0.3) is 0 Å². The van der Waals surface area contributed by atoms with Gasteiger partial charge in [-0.2, -0.15) is 0 Å². The second-order valence-electron chi connectivity index (χ2n) is 3.85. The Hall–Kier alpha value is -1.02. The molecule has 2 nitrogen and oxygen atoms in total. The standard InChI is InChI=1S/C12H16O2/c1-14-12-8-3-2-5-10(12)9-6-4-7-11(9)13/h2-3,5,8-9,11,13H,4,6-7H2,1H3. The topological polar surface area (TPSA) is 29.5 Å². The van der Waals surface area contributed by atoms with Crippen molar-refractivity contribution in [3.8, 4) is 5.75 Å². The van der Waals surface area contributed by atoms with Crippen LogP contribution in [0.4, 0.5) is 0 Å². The van der Waals surface area contributed by atoms with Crippen molar-refractivity contribution in [3.63, 3.8) is 0 Å². The van der Waals surface area contributed by atoms with Crippen molar-refractivity contribution in [1.29, 1.82) is 0 Å². The van der Waals surface area contributed by atoms with Gasteiger partial charge in [-0.1, -0.05) is 24.6 Å². The lowest BCUT2D eigenvalue weighted by molar-refractivity contribution is 0.162. The lowest BCUT2D eigenvalue weighted by Gasteiger charge is -2.17. The van der Waals surface area contributed by atoms with E-state index in [0.29, 0.717) is 0 Å². The van der Waals surface area contributed by atoms with E-state index in [0.717, 1.165) is 30.6 Å². The van der Waals surface area contributed by atoms with Crippen LogP contribution in [0, 0.1) is 0 Å². The van der Waals surface area contributed by atoms with Crippen LogP contribution in [0.3, 0.4) is 0 Å². The Morgan fingerprint density at radius 1 is 1.29 bits per heavy atom.